The van der Waals surface area contributed by atoms with Crippen LogP contribution in [-0.4, -0.2) is 30.6 Å². The molecule has 0 aromatic carbocycles. The average molecular weight is 180 g/mol. The molecular formula is C9H16N4. The van der Waals surface area contributed by atoms with Crippen molar-refractivity contribution in [1.82, 2.24) is 9.97 Å². The third-order valence-corrected chi connectivity index (χ3v) is 1.81. The lowest BCUT2D eigenvalue weighted by Crippen LogP contribution is -2.19. The van der Waals surface area contributed by atoms with Crippen LogP contribution in [0.15, 0.2) is 12.3 Å². The van der Waals surface area contributed by atoms with Crippen molar-refractivity contribution in [2.75, 3.05) is 30.9 Å². The molecule has 13 heavy (non-hydrogen) atoms. The van der Waals surface area contributed by atoms with E-state index in [0.29, 0.717) is 5.95 Å². The zero-order chi connectivity index (χ0) is 9.68. The maximum atomic E-state index is 4.31. The van der Waals surface area contributed by atoms with E-state index in [1.54, 1.807) is 6.20 Å². The largest absolute Gasteiger partial charge is 0.360 e. The van der Waals surface area contributed by atoms with E-state index < -0.39 is 0 Å². The molecule has 0 saturated carbocycles. The maximum Gasteiger partial charge on any atom is 0.224 e. The molecule has 1 heterocycles. The van der Waals surface area contributed by atoms with Gasteiger partial charge in [0, 0.05) is 26.8 Å². The van der Waals surface area contributed by atoms with Gasteiger partial charge in [-0.05, 0) is 12.5 Å². The molecule has 0 atom stereocenters. The van der Waals surface area contributed by atoms with Crippen molar-refractivity contribution < 1.29 is 0 Å². The summed E-state index contributed by atoms with van der Waals surface area (Å²) in [7, 11) is 3.85. The van der Waals surface area contributed by atoms with Gasteiger partial charge < -0.3 is 10.2 Å². The van der Waals surface area contributed by atoms with Crippen LogP contribution < -0.4 is 10.2 Å². The van der Waals surface area contributed by atoms with E-state index in [0.717, 1.165) is 18.8 Å². The number of hydrogen-bond acceptors (Lipinski definition) is 4. The number of anilines is 2. The first-order valence-corrected chi connectivity index (χ1v) is 4.50. The molecule has 0 aliphatic rings. The molecular weight excluding hydrogens is 164 g/mol. The Morgan fingerprint density at radius 1 is 1.54 bits per heavy atom. The number of rotatable bonds is 4. The Hall–Kier alpha value is -1.32. The molecule has 1 rings (SSSR count). The topological polar surface area (TPSA) is 41.1 Å². The predicted molar refractivity (Wildman–Crippen MR) is 55.1 cm³/mol. The highest BCUT2D eigenvalue weighted by Gasteiger charge is 2.01. The Morgan fingerprint density at radius 3 is 2.92 bits per heavy atom. The second kappa shape index (κ2) is 4.64. The summed E-state index contributed by atoms with van der Waals surface area (Å²) >= 11 is 0. The van der Waals surface area contributed by atoms with Crippen molar-refractivity contribution >= 4 is 11.8 Å². The molecule has 1 aromatic rings. The first-order valence-electron chi connectivity index (χ1n) is 4.50. The summed E-state index contributed by atoms with van der Waals surface area (Å²) in [6, 6.07) is 1.91. The summed E-state index contributed by atoms with van der Waals surface area (Å²) in [6.07, 6.45) is 2.88. The molecule has 0 bridgehead atoms. The summed E-state index contributed by atoms with van der Waals surface area (Å²) in [6.45, 7) is 3.16. The molecule has 4 nitrogen and oxygen atoms in total. The molecule has 0 aliphatic carbocycles. The van der Waals surface area contributed by atoms with Crippen LogP contribution in [0.2, 0.25) is 0 Å². The highest BCUT2D eigenvalue weighted by molar-refractivity contribution is 5.41. The van der Waals surface area contributed by atoms with Gasteiger partial charge in [0.25, 0.3) is 0 Å². The van der Waals surface area contributed by atoms with Crippen LogP contribution >= 0.6 is 0 Å². The summed E-state index contributed by atoms with van der Waals surface area (Å²) in [5.41, 5.74) is 0. The maximum absolute atomic E-state index is 4.31. The number of nitrogens with one attached hydrogen (secondary N) is 1. The van der Waals surface area contributed by atoms with E-state index in [9.17, 15) is 0 Å². The lowest BCUT2D eigenvalue weighted by Gasteiger charge is -2.16. The van der Waals surface area contributed by atoms with Crippen LogP contribution in [0.5, 0.6) is 0 Å². The zero-order valence-corrected chi connectivity index (χ0v) is 8.41. The Balaban J connectivity index is 2.75. The number of hydrogen-bond donors (Lipinski definition) is 1. The number of aromatic nitrogens is 2. The van der Waals surface area contributed by atoms with Crippen molar-refractivity contribution in [1.29, 1.82) is 0 Å². The summed E-state index contributed by atoms with van der Waals surface area (Å²) < 4.78 is 0. The zero-order valence-electron chi connectivity index (χ0n) is 8.41. The Bertz CT molecular complexity index is 262. The van der Waals surface area contributed by atoms with Crippen molar-refractivity contribution in [3.05, 3.63) is 12.3 Å². The van der Waals surface area contributed by atoms with Gasteiger partial charge in [0.1, 0.15) is 5.82 Å². The first kappa shape index (κ1) is 9.77. The third-order valence-electron chi connectivity index (χ3n) is 1.81. The van der Waals surface area contributed by atoms with Gasteiger partial charge in [0.15, 0.2) is 0 Å². The second-order valence-electron chi connectivity index (χ2n) is 2.91. The summed E-state index contributed by atoms with van der Waals surface area (Å²) in [5, 5.41) is 2.92. The molecule has 4 heteroatoms. The molecule has 1 N–H and O–H groups in total. The van der Waals surface area contributed by atoms with Gasteiger partial charge in [0.2, 0.25) is 5.95 Å². The fraction of sp³-hybridized carbons (Fsp3) is 0.556. The van der Waals surface area contributed by atoms with Crippen LogP contribution in [0.25, 0.3) is 0 Å². The van der Waals surface area contributed by atoms with Gasteiger partial charge in [-0.3, -0.25) is 0 Å². The van der Waals surface area contributed by atoms with E-state index in [1.165, 1.54) is 0 Å². The highest BCUT2D eigenvalue weighted by Crippen LogP contribution is 2.09. The minimum absolute atomic E-state index is 0.667. The standard InChI is InChI=1S/C9H16N4/c1-4-7-13(3)8-5-6-11-9(10-2)12-8/h5-6H,4,7H2,1-3H3,(H,10,11,12). The third kappa shape index (κ3) is 2.57. The van der Waals surface area contributed by atoms with Crippen LogP contribution in [0.4, 0.5) is 11.8 Å². The highest BCUT2D eigenvalue weighted by atomic mass is 15.2. The normalized spacial score (nSPS) is 9.77. The van der Waals surface area contributed by atoms with Crippen molar-refractivity contribution in [2.45, 2.75) is 13.3 Å². The predicted octanol–water partition coefficient (Wildman–Crippen LogP) is 1.36. The SMILES string of the molecule is CCCN(C)c1ccnc(NC)n1. The molecule has 0 radical (unpaired) electrons. The van der Waals surface area contributed by atoms with Gasteiger partial charge >= 0.3 is 0 Å². The molecule has 0 saturated heterocycles. The molecule has 0 aliphatic heterocycles. The van der Waals surface area contributed by atoms with Gasteiger partial charge in [-0.25, -0.2) is 4.98 Å². The molecule has 0 fully saturated rings. The van der Waals surface area contributed by atoms with Crippen molar-refractivity contribution in [3.63, 3.8) is 0 Å². The van der Waals surface area contributed by atoms with Crippen LogP contribution in [0, 0.1) is 0 Å². The molecule has 72 valence electrons. The summed E-state index contributed by atoms with van der Waals surface area (Å²) in [5.74, 6) is 1.63. The molecule has 0 spiro atoms. The molecule has 0 amide bonds. The number of nitrogens with zero attached hydrogens (tertiary/aromatic N) is 3. The lowest BCUT2D eigenvalue weighted by molar-refractivity contribution is 0.835. The smallest absolute Gasteiger partial charge is 0.224 e. The summed E-state index contributed by atoms with van der Waals surface area (Å²) in [4.78, 5) is 10.5. The monoisotopic (exact) mass is 180 g/mol. The van der Waals surface area contributed by atoms with Crippen LogP contribution in [0.3, 0.4) is 0 Å². The van der Waals surface area contributed by atoms with Crippen LogP contribution in [-0.2, 0) is 0 Å². The minimum atomic E-state index is 0.667. The fourth-order valence-corrected chi connectivity index (χ4v) is 1.13. The van der Waals surface area contributed by atoms with Gasteiger partial charge in [0.05, 0.1) is 0 Å². The lowest BCUT2D eigenvalue weighted by atomic mass is 10.4. The first-order chi connectivity index (χ1) is 6.27. The van der Waals surface area contributed by atoms with E-state index in [1.807, 2.05) is 20.2 Å². The van der Waals surface area contributed by atoms with E-state index in [-0.39, 0.29) is 0 Å². The van der Waals surface area contributed by atoms with Gasteiger partial charge in [-0.2, -0.15) is 4.98 Å². The quantitative estimate of drug-likeness (QED) is 0.759. The Kier molecular flexibility index (Phi) is 3.49. The van der Waals surface area contributed by atoms with Crippen molar-refractivity contribution in [2.24, 2.45) is 0 Å². The second-order valence-corrected chi connectivity index (χ2v) is 2.91. The fourth-order valence-electron chi connectivity index (χ4n) is 1.13. The van der Waals surface area contributed by atoms with Crippen LogP contribution in [0.1, 0.15) is 13.3 Å². The van der Waals surface area contributed by atoms with Crippen molar-refractivity contribution in [3.8, 4) is 0 Å². The molecule has 1 aromatic heterocycles. The minimum Gasteiger partial charge on any atom is -0.360 e. The van der Waals surface area contributed by atoms with Gasteiger partial charge in [-0.1, -0.05) is 6.92 Å². The van der Waals surface area contributed by atoms with E-state index >= 15 is 0 Å². The Morgan fingerprint density at radius 2 is 2.31 bits per heavy atom. The average Bonchev–Trinajstić information content (AvgIpc) is 2.18. The van der Waals surface area contributed by atoms with Gasteiger partial charge in [-0.15, -0.1) is 0 Å². The Labute approximate surface area is 79.0 Å². The van der Waals surface area contributed by atoms with E-state index in [2.05, 4.69) is 27.1 Å². The van der Waals surface area contributed by atoms with E-state index in [4.69, 9.17) is 0 Å². The molecule has 0 unspecified atom stereocenters.